The zero-order valence-corrected chi connectivity index (χ0v) is 15.9. The van der Waals surface area contributed by atoms with Crippen molar-refractivity contribution in [2.45, 2.75) is 26.7 Å². The molecular formula is C21H22ClNO3. The van der Waals surface area contributed by atoms with E-state index >= 15 is 0 Å². The summed E-state index contributed by atoms with van der Waals surface area (Å²) >= 11 is 6.26. The highest BCUT2D eigenvalue weighted by Crippen LogP contribution is 2.27. The number of hydrogen-bond acceptors (Lipinski definition) is 3. The van der Waals surface area contributed by atoms with Crippen LogP contribution in [-0.2, 0) is 22.4 Å². The fourth-order valence-electron chi connectivity index (χ4n) is 2.86. The van der Waals surface area contributed by atoms with Crippen LogP contribution < -0.4 is 5.32 Å². The number of carbonyl (C=O) groups is 2. The molecule has 136 valence electrons. The highest BCUT2D eigenvalue weighted by molar-refractivity contribution is 6.32. The van der Waals surface area contributed by atoms with Gasteiger partial charge in [-0.25, -0.2) is 4.79 Å². The first-order valence-corrected chi connectivity index (χ1v) is 8.60. The van der Waals surface area contributed by atoms with Gasteiger partial charge in [-0.3, -0.25) is 4.79 Å². The Labute approximate surface area is 158 Å². The first kappa shape index (κ1) is 19.7. The van der Waals surface area contributed by atoms with Crippen molar-refractivity contribution in [3.8, 4) is 0 Å². The molecule has 26 heavy (non-hydrogen) atoms. The average molecular weight is 372 g/mol. The molecule has 1 amide bonds. The molecule has 4 nitrogen and oxygen atoms in total. The Bertz CT molecular complexity index is 838. The number of nitrogens with one attached hydrogen (secondary N) is 1. The number of rotatable bonds is 6. The summed E-state index contributed by atoms with van der Waals surface area (Å²) in [6.45, 7) is 7.65. The van der Waals surface area contributed by atoms with Gasteiger partial charge in [0.2, 0.25) is 5.91 Å². The van der Waals surface area contributed by atoms with Crippen molar-refractivity contribution in [1.29, 1.82) is 0 Å². The molecule has 0 radical (unpaired) electrons. The maximum atomic E-state index is 12.5. The van der Waals surface area contributed by atoms with Crippen LogP contribution in [0.5, 0.6) is 0 Å². The van der Waals surface area contributed by atoms with Crippen LogP contribution in [0.3, 0.4) is 0 Å². The minimum atomic E-state index is -0.534. The molecule has 0 saturated heterocycles. The minimum absolute atomic E-state index is 0.204. The molecule has 2 aromatic rings. The van der Waals surface area contributed by atoms with Crippen molar-refractivity contribution in [1.82, 2.24) is 0 Å². The van der Waals surface area contributed by atoms with Crippen LogP contribution in [0.15, 0.2) is 43.0 Å². The Kier molecular flexibility index (Phi) is 6.58. The van der Waals surface area contributed by atoms with Crippen molar-refractivity contribution in [3.05, 3.63) is 75.8 Å². The standard InChI is InChI=1S/C21H22ClNO3/c1-5-6-16-11-17(21(25)26-4)19(12-18(16)22)23-20(24)10-15-8-13(2)7-14(3)9-15/h5,7-9,11-12H,1,6,10H2,2-4H3,(H,23,24). The van der Waals surface area contributed by atoms with E-state index < -0.39 is 5.97 Å². The van der Waals surface area contributed by atoms with E-state index in [1.165, 1.54) is 7.11 Å². The van der Waals surface area contributed by atoms with Crippen LogP contribution in [-0.4, -0.2) is 19.0 Å². The Morgan fingerprint density at radius 1 is 1.15 bits per heavy atom. The molecule has 0 aliphatic rings. The van der Waals surface area contributed by atoms with Crippen molar-refractivity contribution >= 4 is 29.2 Å². The minimum Gasteiger partial charge on any atom is -0.465 e. The normalized spacial score (nSPS) is 10.3. The number of aryl methyl sites for hydroxylation is 2. The molecule has 0 unspecified atom stereocenters. The quantitative estimate of drug-likeness (QED) is 0.593. The zero-order chi connectivity index (χ0) is 19.3. The van der Waals surface area contributed by atoms with Gasteiger partial charge in [-0.2, -0.15) is 0 Å². The first-order chi connectivity index (χ1) is 12.3. The Morgan fingerprint density at radius 3 is 2.38 bits per heavy atom. The molecule has 0 aliphatic heterocycles. The average Bonchev–Trinajstić information content (AvgIpc) is 2.55. The summed E-state index contributed by atoms with van der Waals surface area (Å²) in [6.07, 6.45) is 2.41. The maximum absolute atomic E-state index is 12.5. The van der Waals surface area contributed by atoms with E-state index in [9.17, 15) is 9.59 Å². The summed E-state index contributed by atoms with van der Waals surface area (Å²) in [5.41, 5.74) is 4.45. The summed E-state index contributed by atoms with van der Waals surface area (Å²) in [7, 11) is 1.30. The lowest BCUT2D eigenvalue weighted by molar-refractivity contribution is -0.115. The van der Waals surface area contributed by atoms with E-state index in [4.69, 9.17) is 16.3 Å². The van der Waals surface area contributed by atoms with E-state index in [0.29, 0.717) is 17.1 Å². The number of ether oxygens (including phenoxy) is 1. The second-order valence-corrected chi connectivity index (χ2v) is 6.60. The molecule has 2 aromatic carbocycles. The van der Waals surface area contributed by atoms with Gasteiger partial charge >= 0.3 is 5.97 Å². The number of anilines is 1. The van der Waals surface area contributed by atoms with E-state index in [1.54, 1.807) is 18.2 Å². The fraction of sp³-hybridized carbons (Fsp3) is 0.238. The van der Waals surface area contributed by atoms with E-state index in [2.05, 4.69) is 18.0 Å². The Hall–Kier alpha value is -2.59. The van der Waals surface area contributed by atoms with Gasteiger partial charge in [-0.05, 0) is 43.5 Å². The van der Waals surface area contributed by atoms with E-state index in [1.807, 2.05) is 26.0 Å². The number of halogens is 1. The molecule has 0 spiro atoms. The first-order valence-electron chi connectivity index (χ1n) is 8.22. The zero-order valence-electron chi connectivity index (χ0n) is 15.2. The number of methoxy groups -OCH3 is 1. The van der Waals surface area contributed by atoms with Gasteiger partial charge in [0.15, 0.2) is 0 Å². The number of carbonyl (C=O) groups excluding carboxylic acids is 2. The lowest BCUT2D eigenvalue weighted by atomic mass is 10.0. The molecule has 0 heterocycles. The van der Waals surface area contributed by atoms with Gasteiger partial charge in [0, 0.05) is 5.02 Å². The Balaban J connectivity index is 2.29. The third-order valence-corrected chi connectivity index (χ3v) is 4.23. The van der Waals surface area contributed by atoms with Crippen molar-refractivity contribution in [2.24, 2.45) is 0 Å². The SMILES string of the molecule is C=CCc1cc(C(=O)OC)c(NC(=O)Cc2cc(C)cc(C)c2)cc1Cl. The van der Waals surface area contributed by atoms with Gasteiger partial charge in [0.05, 0.1) is 24.8 Å². The summed E-state index contributed by atoms with van der Waals surface area (Å²) in [5, 5.41) is 3.23. The molecular weight excluding hydrogens is 350 g/mol. The molecule has 0 fully saturated rings. The molecule has 0 atom stereocenters. The number of benzene rings is 2. The lowest BCUT2D eigenvalue weighted by Gasteiger charge is -2.13. The van der Waals surface area contributed by atoms with Crippen LogP contribution in [0, 0.1) is 13.8 Å². The van der Waals surface area contributed by atoms with Crippen molar-refractivity contribution in [3.63, 3.8) is 0 Å². The summed E-state index contributed by atoms with van der Waals surface area (Å²) in [4.78, 5) is 24.6. The number of esters is 1. The number of allylic oxidation sites excluding steroid dienone is 1. The molecule has 5 heteroatoms. The number of amides is 1. The Morgan fingerprint density at radius 2 is 1.81 bits per heavy atom. The largest absolute Gasteiger partial charge is 0.465 e. The monoisotopic (exact) mass is 371 g/mol. The molecule has 0 aromatic heterocycles. The van der Waals surface area contributed by atoms with E-state index in [0.717, 1.165) is 22.3 Å². The third-order valence-electron chi connectivity index (χ3n) is 3.88. The van der Waals surface area contributed by atoms with Crippen LogP contribution in [0.4, 0.5) is 5.69 Å². The molecule has 1 N–H and O–H groups in total. The van der Waals surface area contributed by atoms with Gasteiger partial charge in [-0.1, -0.05) is 47.0 Å². The molecule has 0 bridgehead atoms. The molecule has 0 aliphatic carbocycles. The van der Waals surface area contributed by atoms with Crippen molar-refractivity contribution < 1.29 is 14.3 Å². The summed E-state index contributed by atoms with van der Waals surface area (Å²) in [6, 6.07) is 9.19. The van der Waals surface area contributed by atoms with Gasteiger partial charge in [-0.15, -0.1) is 6.58 Å². The second-order valence-electron chi connectivity index (χ2n) is 6.19. The topological polar surface area (TPSA) is 55.4 Å². The highest BCUT2D eigenvalue weighted by Gasteiger charge is 2.17. The van der Waals surface area contributed by atoms with Crippen LogP contribution in [0.1, 0.15) is 32.6 Å². The van der Waals surface area contributed by atoms with E-state index in [-0.39, 0.29) is 17.9 Å². The lowest BCUT2D eigenvalue weighted by Crippen LogP contribution is -2.18. The maximum Gasteiger partial charge on any atom is 0.339 e. The van der Waals surface area contributed by atoms with Crippen LogP contribution in [0.2, 0.25) is 5.02 Å². The van der Waals surface area contributed by atoms with Gasteiger partial charge in [0.25, 0.3) is 0 Å². The second kappa shape index (κ2) is 8.68. The molecule has 0 saturated carbocycles. The third kappa shape index (κ3) is 4.96. The van der Waals surface area contributed by atoms with Gasteiger partial charge in [0.1, 0.15) is 0 Å². The van der Waals surface area contributed by atoms with Crippen LogP contribution >= 0.6 is 11.6 Å². The smallest absolute Gasteiger partial charge is 0.339 e. The predicted molar refractivity (Wildman–Crippen MR) is 105 cm³/mol. The van der Waals surface area contributed by atoms with Gasteiger partial charge < -0.3 is 10.1 Å². The number of hydrogen-bond donors (Lipinski definition) is 1. The summed E-state index contributed by atoms with van der Waals surface area (Å²) < 4.78 is 4.82. The summed E-state index contributed by atoms with van der Waals surface area (Å²) in [5.74, 6) is -0.763. The highest BCUT2D eigenvalue weighted by atomic mass is 35.5. The predicted octanol–water partition coefficient (Wildman–Crippen LogP) is 4.65. The molecule has 2 rings (SSSR count). The fourth-order valence-corrected chi connectivity index (χ4v) is 3.10. The van der Waals surface area contributed by atoms with Crippen LogP contribution in [0.25, 0.3) is 0 Å². The van der Waals surface area contributed by atoms with Crippen molar-refractivity contribution in [2.75, 3.05) is 12.4 Å².